The van der Waals surface area contributed by atoms with Crippen molar-refractivity contribution in [2.75, 3.05) is 4.90 Å². The molecule has 20 heavy (non-hydrogen) atoms. The van der Waals surface area contributed by atoms with Gasteiger partial charge in [-0.15, -0.1) is 0 Å². The highest BCUT2D eigenvalue weighted by Gasteiger charge is 2.32. The smallest absolute Gasteiger partial charge is 0.422 e. The van der Waals surface area contributed by atoms with Crippen LogP contribution < -0.4 is 4.90 Å². The van der Waals surface area contributed by atoms with E-state index >= 15 is 0 Å². The number of nitrogens with zero attached hydrogens (tertiary/aromatic N) is 1. The second-order valence-corrected chi connectivity index (χ2v) is 4.39. The van der Waals surface area contributed by atoms with Crippen molar-refractivity contribution < 1.29 is 27.5 Å². The number of rotatable bonds is 2. The Morgan fingerprint density at radius 1 is 1.30 bits per heavy atom. The van der Waals surface area contributed by atoms with Crippen LogP contribution in [0.1, 0.15) is 19.4 Å². The summed E-state index contributed by atoms with van der Waals surface area (Å²) in [6, 6.07) is 3.67. The van der Waals surface area contributed by atoms with Crippen molar-refractivity contribution in [3.05, 3.63) is 29.8 Å². The zero-order chi connectivity index (χ0) is 15.5. The van der Waals surface area contributed by atoms with Gasteiger partial charge in [-0.2, -0.15) is 13.2 Å². The maximum absolute atomic E-state index is 12.6. The normalized spacial score (nSPS) is 11.3. The maximum atomic E-state index is 12.6. The number of alkyl halides is 3. The monoisotopic (exact) mass is 309 g/mol. The van der Waals surface area contributed by atoms with Gasteiger partial charge in [-0.05, 0) is 43.6 Å². The first-order valence-electron chi connectivity index (χ1n) is 5.50. The Morgan fingerprint density at radius 2 is 1.90 bits per heavy atom. The van der Waals surface area contributed by atoms with Crippen LogP contribution in [0.5, 0.6) is 0 Å². The van der Waals surface area contributed by atoms with E-state index in [-0.39, 0.29) is 5.69 Å². The molecule has 4 nitrogen and oxygen atoms in total. The summed E-state index contributed by atoms with van der Waals surface area (Å²) in [4.78, 5) is 23.2. The van der Waals surface area contributed by atoms with Gasteiger partial charge in [0.2, 0.25) is 0 Å². The molecule has 0 saturated heterocycles. The van der Waals surface area contributed by atoms with Crippen LogP contribution in [0.3, 0.4) is 0 Å². The van der Waals surface area contributed by atoms with E-state index in [2.05, 4.69) is 0 Å². The molecule has 1 aromatic rings. The Kier molecular flexibility index (Phi) is 4.99. The van der Waals surface area contributed by atoms with Gasteiger partial charge in [-0.1, -0.05) is 6.07 Å². The molecular formula is C12H11ClF3NO3. The Labute approximate surface area is 118 Å². The summed E-state index contributed by atoms with van der Waals surface area (Å²) in [5.41, 5.74) is -1.32. The second-order valence-electron chi connectivity index (χ2n) is 4.07. The van der Waals surface area contributed by atoms with Gasteiger partial charge in [0, 0.05) is 0 Å². The number of ether oxygens (including phenoxy) is 1. The summed E-state index contributed by atoms with van der Waals surface area (Å²) in [6.45, 7) is 3.06. The molecule has 0 bridgehead atoms. The number of carbonyl (C=O) groups is 2. The molecule has 110 valence electrons. The van der Waals surface area contributed by atoms with Gasteiger partial charge >= 0.3 is 17.6 Å². The molecule has 1 aromatic carbocycles. The predicted molar refractivity (Wildman–Crippen MR) is 66.8 cm³/mol. The van der Waals surface area contributed by atoms with Crippen LogP contribution in [0.2, 0.25) is 0 Å². The highest BCUT2D eigenvalue weighted by atomic mass is 35.5. The van der Waals surface area contributed by atoms with E-state index in [1.165, 1.54) is 13.8 Å². The van der Waals surface area contributed by atoms with Crippen LogP contribution in [-0.4, -0.2) is 17.6 Å². The standard InChI is InChI=1S/C12H11ClF3NO3/c1-7(2)20-11(19)17(10(13)18)9-5-3-4-8(6-9)12(14,15)16/h3-7H,1-2H3. The van der Waals surface area contributed by atoms with E-state index in [4.69, 9.17) is 16.3 Å². The molecule has 1 rings (SSSR count). The fraction of sp³-hybridized carbons (Fsp3) is 0.333. The van der Waals surface area contributed by atoms with Crippen molar-refractivity contribution in [1.82, 2.24) is 0 Å². The van der Waals surface area contributed by atoms with Gasteiger partial charge in [0.25, 0.3) is 0 Å². The summed E-state index contributed by atoms with van der Waals surface area (Å²) in [6.07, 6.45) is -6.29. The highest BCUT2D eigenvalue weighted by molar-refractivity contribution is 6.68. The minimum atomic E-state index is -4.60. The Balaban J connectivity index is 3.16. The van der Waals surface area contributed by atoms with Crippen molar-refractivity contribution in [2.24, 2.45) is 0 Å². The molecule has 0 spiro atoms. The minimum Gasteiger partial charge on any atom is -0.446 e. The molecule has 0 unspecified atom stereocenters. The number of benzene rings is 1. The zero-order valence-electron chi connectivity index (χ0n) is 10.6. The molecule has 8 heteroatoms. The van der Waals surface area contributed by atoms with Crippen LogP contribution >= 0.6 is 11.6 Å². The summed E-state index contributed by atoms with van der Waals surface area (Å²) < 4.78 is 42.5. The maximum Gasteiger partial charge on any atom is 0.422 e. The number of halogens is 4. The lowest BCUT2D eigenvalue weighted by Crippen LogP contribution is -2.35. The van der Waals surface area contributed by atoms with Crippen LogP contribution in [0.15, 0.2) is 24.3 Å². The number of anilines is 1. The molecule has 0 fully saturated rings. The predicted octanol–water partition coefficient (Wildman–Crippen LogP) is 4.42. The summed E-state index contributed by atoms with van der Waals surface area (Å²) >= 11 is 5.23. The van der Waals surface area contributed by atoms with Crippen molar-refractivity contribution in [3.63, 3.8) is 0 Å². The van der Waals surface area contributed by atoms with Crippen LogP contribution in [-0.2, 0) is 10.9 Å². The second kappa shape index (κ2) is 6.13. The van der Waals surface area contributed by atoms with E-state index in [0.717, 1.165) is 18.2 Å². The molecule has 0 aliphatic heterocycles. The molecule has 2 amide bonds. The molecular weight excluding hydrogens is 299 g/mol. The molecule has 0 N–H and O–H groups in total. The average Bonchev–Trinajstić information content (AvgIpc) is 2.26. The zero-order valence-corrected chi connectivity index (χ0v) is 11.3. The van der Waals surface area contributed by atoms with Gasteiger partial charge in [-0.3, -0.25) is 4.79 Å². The molecule has 0 aliphatic rings. The molecule has 0 aromatic heterocycles. The average molecular weight is 310 g/mol. The fourth-order valence-electron chi connectivity index (χ4n) is 1.35. The quantitative estimate of drug-likeness (QED) is 0.600. The van der Waals surface area contributed by atoms with Crippen molar-refractivity contribution >= 4 is 28.7 Å². The Hall–Kier alpha value is -1.76. The van der Waals surface area contributed by atoms with E-state index in [9.17, 15) is 22.8 Å². The largest absolute Gasteiger partial charge is 0.446 e. The first-order valence-corrected chi connectivity index (χ1v) is 5.88. The number of carbonyl (C=O) groups excluding carboxylic acids is 2. The van der Waals surface area contributed by atoms with E-state index in [1.807, 2.05) is 0 Å². The highest BCUT2D eigenvalue weighted by Crippen LogP contribution is 2.32. The lowest BCUT2D eigenvalue weighted by molar-refractivity contribution is -0.137. The lowest BCUT2D eigenvalue weighted by Gasteiger charge is -2.20. The third-order valence-corrected chi connectivity index (χ3v) is 2.30. The molecule has 0 atom stereocenters. The minimum absolute atomic E-state index is 0.314. The summed E-state index contributed by atoms with van der Waals surface area (Å²) in [5.74, 6) is 0. The van der Waals surface area contributed by atoms with E-state index in [0.29, 0.717) is 11.0 Å². The van der Waals surface area contributed by atoms with Gasteiger partial charge in [-0.25, -0.2) is 9.69 Å². The number of imide groups is 1. The fourth-order valence-corrected chi connectivity index (χ4v) is 1.52. The Morgan fingerprint density at radius 3 is 2.35 bits per heavy atom. The van der Waals surface area contributed by atoms with Gasteiger partial charge in [0.15, 0.2) is 0 Å². The lowest BCUT2D eigenvalue weighted by atomic mass is 10.2. The molecule has 0 aliphatic carbocycles. The van der Waals surface area contributed by atoms with Crippen LogP contribution in [0, 0.1) is 0 Å². The third-order valence-electron chi connectivity index (χ3n) is 2.13. The first-order chi connectivity index (χ1) is 9.12. The van der Waals surface area contributed by atoms with Crippen molar-refractivity contribution in [3.8, 4) is 0 Å². The summed E-state index contributed by atoms with van der Waals surface area (Å²) in [5, 5.41) is -1.25. The summed E-state index contributed by atoms with van der Waals surface area (Å²) in [7, 11) is 0. The van der Waals surface area contributed by atoms with Crippen molar-refractivity contribution in [1.29, 1.82) is 0 Å². The first kappa shape index (κ1) is 16.3. The topological polar surface area (TPSA) is 46.6 Å². The third kappa shape index (κ3) is 4.12. The van der Waals surface area contributed by atoms with Crippen LogP contribution in [0.4, 0.5) is 28.4 Å². The van der Waals surface area contributed by atoms with Gasteiger partial charge < -0.3 is 4.74 Å². The molecule has 0 saturated carbocycles. The molecule has 0 heterocycles. The van der Waals surface area contributed by atoms with Crippen molar-refractivity contribution in [2.45, 2.75) is 26.1 Å². The molecule has 0 radical (unpaired) electrons. The van der Waals surface area contributed by atoms with Gasteiger partial charge in [0.05, 0.1) is 17.4 Å². The number of hydrogen-bond donors (Lipinski definition) is 0. The number of amides is 2. The van der Waals surface area contributed by atoms with Crippen LogP contribution in [0.25, 0.3) is 0 Å². The van der Waals surface area contributed by atoms with E-state index < -0.39 is 29.3 Å². The SMILES string of the molecule is CC(C)OC(=O)N(C(=O)Cl)c1cccc(C(F)(F)F)c1. The van der Waals surface area contributed by atoms with Gasteiger partial charge in [0.1, 0.15) is 0 Å². The Bertz CT molecular complexity index is 517. The number of hydrogen-bond acceptors (Lipinski definition) is 3. The van der Waals surface area contributed by atoms with E-state index in [1.54, 1.807) is 0 Å².